The lowest BCUT2D eigenvalue weighted by molar-refractivity contribution is -0.137. The van der Waals surface area contributed by atoms with E-state index in [4.69, 9.17) is 0 Å². The summed E-state index contributed by atoms with van der Waals surface area (Å²) in [5.41, 5.74) is 0.964. The van der Waals surface area contributed by atoms with Crippen LogP contribution in [0.4, 0.5) is 4.79 Å². The summed E-state index contributed by atoms with van der Waals surface area (Å²) in [6, 6.07) is 6.63. The highest BCUT2D eigenvalue weighted by atomic mass is 32.1. The molecule has 142 valence electrons. The number of rotatable bonds is 6. The number of aromatic nitrogens is 1. The van der Waals surface area contributed by atoms with Crippen molar-refractivity contribution in [3.8, 4) is 0 Å². The van der Waals surface area contributed by atoms with Gasteiger partial charge in [0.2, 0.25) is 5.91 Å². The van der Waals surface area contributed by atoms with Crippen molar-refractivity contribution in [3.05, 3.63) is 52.0 Å². The molecule has 0 unspecified atom stereocenters. The molecule has 1 aliphatic rings. The van der Waals surface area contributed by atoms with Crippen molar-refractivity contribution in [1.29, 1.82) is 0 Å². The standard InChI is InChI=1S/C19H22N4O3S/c1-13-4-5-15(27-13)12-23(11-14-6-8-20-9-7-14)17(24)10-16-18(25)22(3)19(26)21(16)2/h4-9,16H,10-12H2,1-3H3/t16-/m0/s1. The van der Waals surface area contributed by atoms with Crippen LogP contribution in [-0.4, -0.2) is 57.7 Å². The summed E-state index contributed by atoms with van der Waals surface area (Å²) >= 11 is 1.64. The smallest absolute Gasteiger partial charge is 0.326 e. The van der Waals surface area contributed by atoms with Crippen LogP contribution in [0.3, 0.4) is 0 Å². The van der Waals surface area contributed by atoms with E-state index in [0.717, 1.165) is 15.3 Å². The molecule has 2 aromatic heterocycles. The summed E-state index contributed by atoms with van der Waals surface area (Å²) in [4.78, 5) is 47.7. The van der Waals surface area contributed by atoms with E-state index in [9.17, 15) is 14.4 Å². The van der Waals surface area contributed by atoms with Crippen LogP contribution in [0.15, 0.2) is 36.7 Å². The molecule has 4 amide bonds. The highest BCUT2D eigenvalue weighted by Crippen LogP contribution is 2.22. The molecular formula is C19H22N4O3S. The van der Waals surface area contributed by atoms with Gasteiger partial charge in [-0.2, -0.15) is 0 Å². The zero-order chi connectivity index (χ0) is 19.6. The van der Waals surface area contributed by atoms with Gasteiger partial charge in [0.25, 0.3) is 5.91 Å². The molecule has 27 heavy (non-hydrogen) atoms. The predicted molar refractivity (Wildman–Crippen MR) is 102 cm³/mol. The molecule has 0 aliphatic carbocycles. The Kier molecular flexibility index (Phi) is 5.55. The molecule has 3 rings (SSSR count). The first-order valence-electron chi connectivity index (χ1n) is 8.63. The third-order valence-electron chi connectivity index (χ3n) is 4.66. The molecule has 0 saturated carbocycles. The van der Waals surface area contributed by atoms with E-state index < -0.39 is 6.04 Å². The van der Waals surface area contributed by atoms with Gasteiger partial charge in [-0.3, -0.25) is 19.5 Å². The minimum Gasteiger partial charge on any atom is -0.333 e. The lowest BCUT2D eigenvalue weighted by atomic mass is 10.1. The number of likely N-dealkylation sites (N-methyl/N-ethyl adjacent to an activating group) is 2. The van der Waals surface area contributed by atoms with Gasteiger partial charge in [0, 0.05) is 42.8 Å². The zero-order valence-corrected chi connectivity index (χ0v) is 16.4. The van der Waals surface area contributed by atoms with Crippen molar-refractivity contribution in [3.63, 3.8) is 0 Å². The molecule has 7 nitrogen and oxygen atoms in total. The second-order valence-electron chi connectivity index (χ2n) is 6.63. The van der Waals surface area contributed by atoms with Crippen molar-refractivity contribution in [2.45, 2.75) is 32.5 Å². The summed E-state index contributed by atoms with van der Waals surface area (Å²) in [7, 11) is 2.99. The summed E-state index contributed by atoms with van der Waals surface area (Å²) in [5, 5.41) is 0. The molecule has 0 N–H and O–H groups in total. The normalized spacial score (nSPS) is 16.9. The van der Waals surface area contributed by atoms with E-state index in [1.54, 1.807) is 35.7 Å². The number of hydrogen-bond donors (Lipinski definition) is 0. The van der Waals surface area contributed by atoms with E-state index in [-0.39, 0.29) is 24.3 Å². The van der Waals surface area contributed by atoms with Crippen LogP contribution in [0.5, 0.6) is 0 Å². The molecule has 1 saturated heterocycles. The molecule has 1 fully saturated rings. The Bertz CT molecular complexity index is 852. The van der Waals surface area contributed by atoms with Crippen LogP contribution >= 0.6 is 11.3 Å². The predicted octanol–water partition coefficient (Wildman–Crippen LogP) is 2.26. The Hall–Kier alpha value is -2.74. The Morgan fingerprint density at radius 3 is 2.41 bits per heavy atom. The third kappa shape index (κ3) is 4.16. The minimum absolute atomic E-state index is 0.0269. The number of pyridine rings is 1. The van der Waals surface area contributed by atoms with E-state index in [2.05, 4.69) is 4.98 Å². The molecule has 0 spiro atoms. The summed E-state index contributed by atoms with van der Waals surface area (Å²) < 4.78 is 0. The zero-order valence-electron chi connectivity index (χ0n) is 15.6. The van der Waals surface area contributed by atoms with Crippen LogP contribution < -0.4 is 0 Å². The highest BCUT2D eigenvalue weighted by molar-refractivity contribution is 7.11. The van der Waals surface area contributed by atoms with Crippen LogP contribution in [0.25, 0.3) is 0 Å². The quantitative estimate of drug-likeness (QED) is 0.714. The number of thiophene rings is 1. The van der Waals surface area contributed by atoms with E-state index in [1.165, 1.54) is 16.8 Å². The number of aryl methyl sites for hydroxylation is 1. The first kappa shape index (κ1) is 19.0. The van der Waals surface area contributed by atoms with E-state index in [0.29, 0.717) is 13.1 Å². The number of nitrogens with zero attached hydrogens (tertiary/aromatic N) is 4. The molecule has 8 heteroatoms. The third-order valence-corrected chi connectivity index (χ3v) is 5.64. The Morgan fingerprint density at radius 2 is 1.85 bits per heavy atom. The number of imide groups is 1. The van der Waals surface area contributed by atoms with Gasteiger partial charge in [-0.1, -0.05) is 0 Å². The van der Waals surface area contributed by atoms with Crippen molar-refractivity contribution in [2.24, 2.45) is 0 Å². The van der Waals surface area contributed by atoms with Crippen LogP contribution in [-0.2, 0) is 22.7 Å². The fourth-order valence-electron chi connectivity index (χ4n) is 3.07. The summed E-state index contributed by atoms with van der Waals surface area (Å²) in [6.45, 7) is 2.91. The Labute approximate surface area is 162 Å². The van der Waals surface area contributed by atoms with Gasteiger partial charge in [-0.15, -0.1) is 11.3 Å². The minimum atomic E-state index is -0.750. The van der Waals surface area contributed by atoms with Gasteiger partial charge in [0.1, 0.15) is 6.04 Å². The number of carbonyl (C=O) groups excluding carboxylic acids is 3. The lowest BCUT2D eigenvalue weighted by Gasteiger charge is -2.25. The number of urea groups is 1. The molecular weight excluding hydrogens is 364 g/mol. The SMILES string of the molecule is Cc1ccc(CN(Cc2ccncc2)C(=O)C[C@H]2C(=O)N(C)C(=O)N2C)s1. The fourth-order valence-corrected chi connectivity index (χ4v) is 3.98. The Morgan fingerprint density at radius 1 is 1.15 bits per heavy atom. The lowest BCUT2D eigenvalue weighted by Crippen LogP contribution is -2.39. The van der Waals surface area contributed by atoms with Crippen LogP contribution in [0.1, 0.15) is 21.7 Å². The van der Waals surface area contributed by atoms with E-state index in [1.807, 2.05) is 31.2 Å². The van der Waals surface area contributed by atoms with Crippen LogP contribution in [0.2, 0.25) is 0 Å². The van der Waals surface area contributed by atoms with Gasteiger partial charge in [-0.05, 0) is 36.8 Å². The number of carbonyl (C=O) groups is 3. The van der Waals surface area contributed by atoms with Gasteiger partial charge in [0.05, 0.1) is 13.0 Å². The molecule has 1 aliphatic heterocycles. The van der Waals surface area contributed by atoms with Crippen LogP contribution in [0, 0.1) is 6.92 Å². The fraction of sp³-hybridized carbons (Fsp3) is 0.368. The summed E-state index contributed by atoms with van der Waals surface area (Å²) in [6.07, 6.45) is 3.35. The maximum absolute atomic E-state index is 13.0. The van der Waals surface area contributed by atoms with Crippen molar-refractivity contribution >= 4 is 29.2 Å². The molecule has 0 aromatic carbocycles. The first-order chi connectivity index (χ1) is 12.9. The second-order valence-corrected chi connectivity index (χ2v) is 8.00. The topological polar surface area (TPSA) is 73.8 Å². The molecule has 0 bridgehead atoms. The summed E-state index contributed by atoms with van der Waals surface area (Å²) in [5.74, 6) is -0.502. The maximum atomic E-state index is 13.0. The molecule has 3 heterocycles. The number of hydrogen-bond acceptors (Lipinski definition) is 5. The van der Waals surface area contributed by atoms with Gasteiger partial charge < -0.3 is 9.80 Å². The van der Waals surface area contributed by atoms with E-state index >= 15 is 0 Å². The highest BCUT2D eigenvalue weighted by Gasteiger charge is 2.42. The largest absolute Gasteiger partial charge is 0.333 e. The average Bonchev–Trinajstić information content (AvgIpc) is 3.15. The number of amides is 4. The van der Waals surface area contributed by atoms with Gasteiger partial charge in [-0.25, -0.2) is 4.79 Å². The molecule has 2 aromatic rings. The van der Waals surface area contributed by atoms with Crippen molar-refractivity contribution < 1.29 is 14.4 Å². The first-order valence-corrected chi connectivity index (χ1v) is 9.45. The Balaban J connectivity index is 1.77. The van der Waals surface area contributed by atoms with Crippen molar-refractivity contribution in [2.75, 3.05) is 14.1 Å². The second kappa shape index (κ2) is 7.87. The molecule has 1 atom stereocenters. The maximum Gasteiger partial charge on any atom is 0.326 e. The monoisotopic (exact) mass is 386 g/mol. The molecule has 0 radical (unpaired) electrons. The van der Waals surface area contributed by atoms with Gasteiger partial charge in [0.15, 0.2) is 0 Å². The van der Waals surface area contributed by atoms with Gasteiger partial charge >= 0.3 is 6.03 Å². The van der Waals surface area contributed by atoms with Crippen molar-refractivity contribution in [1.82, 2.24) is 19.7 Å². The average molecular weight is 386 g/mol.